The molecule has 0 aliphatic rings. The summed E-state index contributed by atoms with van der Waals surface area (Å²) in [4.78, 5) is 8.17. The van der Waals surface area contributed by atoms with Gasteiger partial charge in [0.05, 0.1) is 11.6 Å². The van der Waals surface area contributed by atoms with Crippen molar-refractivity contribution in [2.75, 3.05) is 5.32 Å². The summed E-state index contributed by atoms with van der Waals surface area (Å²) in [6.45, 7) is 5.92. The van der Waals surface area contributed by atoms with E-state index in [2.05, 4.69) is 21.4 Å². The molecule has 0 bridgehead atoms. The fourth-order valence-electron chi connectivity index (χ4n) is 2.04. The van der Waals surface area contributed by atoms with Crippen LogP contribution in [0.5, 0.6) is 0 Å². The van der Waals surface area contributed by atoms with Crippen LogP contribution in [0.2, 0.25) is 5.02 Å². The molecule has 20 heavy (non-hydrogen) atoms. The van der Waals surface area contributed by atoms with Gasteiger partial charge in [-0.05, 0) is 30.5 Å². The molecule has 2 aromatic rings. The Bertz CT molecular complexity index is 674. The van der Waals surface area contributed by atoms with Gasteiger partial charge in [0.1, 0.15) is 12.1 Å². The molecule has 0 radical (unpaired) electrons. The number of aromatic nitrogens is 2. The summed E-state index contributed by atoms with van der Waals surface area (Å²) in [5.74, 6) is 0.877. The Balaban J connectivity index is 2.40. The predicted molar refractivity (Wildman–Crippen MR) is 80.3 cm³/mol. The van der Waals surface area contributed by atoms with Crippen LogP contribution in [0.25, 0.3) is 0 Å². The Morgan fingerprint density at radius 1 is 1.25 bits per heavy atom. The van der Waals surface area contributed by atoms with Crippen molar-refractivity contribution in [2.24, 2.45) is 0 Å². The molecule has 0 fully saturated rings. The van der Waals surface area contributed by atoms with Gasteiger partial charge in [0, 0.05) is 22.5 Å². The number of anilines is 2. The van der Waals surface area contributed by atoms with Crippen molar-refractivity contribution in [3.8, 4) is 6.07 Å². The van der Waals surface area contributed by atoms with Crippen molar-refractivity contribution >= 4 is 23.1 Å². The Morgan fingerprint density at radius 2 is 2.00 bits per heavy atom. The zero-order valence-corrected chi connectivity index (χ0v) is 12.4. The lowest BCUT2D eigenvalue weighted by Crippen LogP contribution is -1.99. The predicted octanol–water partition coefficient (Wildman–Crippen LogP) is 4.18. The molecule has 0 atom stereocenters. The van der Waals surface area contributed by atoms with Crippen molar-refractivity contribution < 1.29 is 0 Å². The summed E-state index contributed by atoms with van der Waals surface area (Å²) in [7, 11) is 0. The van der Waals surface area contributed by atoms with Crippen LogP contribution in [-0.2, 0) is 0 Å². The molecule has 2 rings (SSSR count). The minimum atomic E-state index is 0.201. The highest BCUT2D eigenvalue weighted by Crippen LogP contribution is 2.31. The number of halogens is 1. The number of benzene rings is 1. The first-order chi connectivity index (χ1) is 9.51. The number of hydrogen-bond donors (Lipinski definition) is 1. The third-order valence-corrected chi connectivity index (χ3v) is 3.22. The van der Waals surface area contributed by atoms with Crippen LogP contribution in [0.1, 0.15) is 36.6 Å². The van der Waals surface area contributed by atoms with Crippen LogP contribution >= 0.6 is 11.6 Å². The monoisotopic (exact) mass is 286 g/mol. The number of nitrogens with one attached hydrogen (secondary N) is 1. The van der Waals surface area contributed by atoms with Gasteiger partial charge in [-0.1, -0.05) is 25.4 Å². The molecule has 0 aliphatic heterocycles. The molecule has 0 spiro atoms. The van der Waals surface area contributed by atoms with Crippen LogP contribution in [0, 0.1) is 18.3 Å². The second kappa shape index (κ2) is 5.89. The average molecular weight is 287 g/mol. The summed E-state index contributed by atoms with van der Waals surface area (Å²) in [5.41, 5.74) is 3.07. The van der Waals surface area contributed by atoms with E-state index in [0.29, 0.717) is 16.4 Å². The van der Waals surface area contributed by atoms with Gasteiger partial charge >= 0.3 is 0 Å². The van der Waals surface area contributed by atoms with Gasteiger partial charge < -0.3 is 5.32 Å². The van der Waals surface area contributed by atoms with Crippen molar-refractivity contribution in [1.82, 2.24) is 9.97 Å². The topological polar surface area (TPSA) is 61.6 Å². The Labute approximate surface area is 123 Å². The lowest BCUT2D eigenvalue weighted by atomic mass is 9.97. The zero-order chi connectivity index (χ0) is 14.7. The van der Waals surface area contributed by atoms with Crippen molar-refractivity contribution in [2.45, 2.75) is 26.7 Å². The molecule has 1 aromatic heterocycles. The highest BCUT2D eigenvalue weighted by atomic mass is 35.5. The Hall–Kier alpha value is -2.12. The highest BCUT2D eigenvalue weighted by Gasteiger charge is 2.13. The SMILES string of the molecule is Cc1cc(Nc2cc(Cl)c(C(C)C)c(C#N)c2)ncn1. The van der Waals surface area contributed by atoms with Crippen molar-refractivity contribution in [3.05, 3.63) is 46.4 Å². The van der Waals surface area contributed by atoms with E-state index in [-0.39, 0.29) is 5.92 Å². The maximum Gasteiger partial charge on any atom is 0.133 e. The van der Waals surface area contributed by atoms with Gasteiger partial charge in [-0.15, -0.1) is 0 Å². The van der Waals surface area contributed by atoms with Crippen molar-refractivity contribution in [1.29, 1.82) is 5.26 Å². The molecule has 0 amide bonds. The lowest BCUT2D eigenvalue weighted by molar-refractivity contribution is 0.863. The smallest absolute Gasteiger partial charge is 0.133 e. The molecule has 0 saturated heterocycles. The van der Waals surface area contributed by atoms with E-state index in [0.717, 1.165) is 16.9 Å². The summed E-state index contributed by atoms with van der Waals surface area (Å²) < 4.78 is 0. The largest absolute Gasteiger partial charge is 0.340 e. The third kappa shape index (κ3) is 3.06. The first-order valence-electron chi connectivity index (χ1n) is 6.30. The van der Waals surface area contributed by atoms with Gasteiger partial charge in [0.15, 0.2) is 0 Å². The molecular formula is C15H15ClN4. The Kier molecular flexibility index (Phi) is 4.21. The van der Waals surface area contributed by atoms with E-state index in [1.54, 1.807) is 6.07 Å². The molecule has 5 heteroatoms. The standard InChI is InChI=1S/C15H15ClN4/c1-9(2)15-11(7-17)5-12(6-13(15)16)20-14-4-10(3)18-8-19-14/h4-6,8-9H,1-3H3,(H,18,19,20). The molecule has 0 unspecified atom stereocenters. The summed E-state index contributed by atoms with van der Waals surface area (Å²) in [5, 5.41) is 13.0. The van der Waals surface area contributed by atoms with E-state index >= 15 is 0 Å². The van der Waals surface area contributed by atoms with E-state index < -0.39 is 0 Å². The number of aryl methyl sites for hydroxylation is 1. The van der Waals surface area contributed by atoms with E-state index in [4.69, 9.17) is 11.6 Å². The van der Waals surface area contributed by atoms with Crippen LogP contribution in [0.15, 0.2) is 24.5 Å². The average Bonchev–Trinajstić information content (AvgIpc) is 2.37. The lowest BCUT2D eigenvalue weighted by Gasteiger charge is -2.13. The maximum atomic E-state index is 9.26. The van der Waals surface area contributed by atoms with Gasteiger partial charge in [0.2, 0.25) is 0 Å². The van der Waals surface area contributed by atoms with Gasteiger partial charge in [-0.3, -0.25) is 0 Å². The zero-order valence-electron chi connectivity index (χ0n) is 11.6. The number of nitriles is 1. The molecule has 0 saturated carbocycles. The first-order valence-corrected chi connectivity index (χ1v) is 6.68. The van der Waals surface area contributed by atoms with Crippen LogP contribution in [0.3, 0.4) is 0 Å². The van der Waals surface area contributed by atoms with Gasteiger partial charge in [-0.2, -0.15) is 5.26 Å². The first kappa shape index (κ1) is 14.3. The molecule has 1 N–H and O–H groups in total. The molecular weight excluding hydrogens is 272 g/mol. The summed E-state index contributed by atoms with van der Waals surface area (Å²) >= 11 is 6.28. The van der Waals surface area contributed by atoms with Crippen LogP contribution in [-0.4, -0.2) is 9.97 Å². The van der Waals surface area contributed by atoms with Crippen LogP contribution in [0.4, 0.5) is 11.5 Å². The number of rotatable bonds is 3. The molecule has 102 valence electrons. The summed E-state index contributed by atoms with van der Waals surface area (Å²) in [6, 6.07) is 7.63. The molecule has 0 aliphatic carbocycles. The Morgan fingerprint density at radius 3 is 2.60 bits per heavy atom. The number of hydrogen-bond acceptors (Lipinski definition) is 4. The summed E-state index contributed by atoms with van der Waals surface area (Å²) in [6.07, 6.45) is 1.49. The van der Waals surface area contributed by atoms with Gasteiger partial charge in [-0.25, -0.2) is 9.97 Å². The normalized spacial score (nSPS) is 10.4. The fraction of sp³-hybridized carbons (Fsp3) is 0.267. The molecule has 4 nitrogen and oxygen atoms in total. The minimum absolute atomic E-state index is 0.201. The van der Waals surface area contributed by atoms with E-state index in [1.165, 1.54) is 6.33 Å². The quantitative estimate of drug-likeness (QED) is 0.919. The van der Waals surface area contributed by atoms with E-state index in [1.807, 2.05) is 32.9 Å². The molecule has 1 heterocycles. The second-order valence-electron chi connectivity index (χ2n) is 4.86. The fourth-order valence-corrected chi connectivity index (χ4v) is 2.48. The minimum Gasteiger partial charge on any atom is -0.340 e. The highest BCUT2D eigenvalue weighted by molar-refractivity contribution is 6.32. The molecule has 1 aromatic carbocycles. The van der Waals surface area contributed by atoms with E-state index in [9.17, 15) is 5.26 Å². The second-order valence-corrected chi connectivity index (χ2v) is 5.26. The van der Waals surface area contributed by atoms with Crippen LogP contribution < -0.4 is 5.32 Å². The van der Waals surface area contributed by atoms with Crippen molar-refractivity contribution in [3.63, 3.8) is 0 Å². The number of nitrogens with zero attached hydrogens (tertiary/aromatic N) is 3. The third-order valence-electron chi connectivity index (χ3n) is 2.90. The van der Waals surface area contributed by atoms with Gasteiger partial charge in [0.25, 0.3) is 0 Å². The maximum absolute atomic E-state index is 9.26.